The van der Waals surface area contributed by atoms with Crippen molar-refractivity contribution >= 4 is 20.6 Å². The van der Waals surface area contributed by atoms with Crippen LogP contribution in [-0.2, 0) is 28.8 Å². The molecule has 0 atom stereocenters. The zero-order valence-electron chi connectivity index (χ0n) is 18.9. The first-order valence-corrected chi connectivity index (χ1v) is 12.5. The van der Waals surface area contributed by atoms with E-state index >= 15 is 0 Å². The maximum atomic E-state index is 13.5. The summed E-state index contributed by atoms with van der Waals surface area (Å²) in [7, 11) is -1.97. The van der Waals surface area contributed by atoms with E-state index in [0.29, 0.717) is 38.9 Å². The van der Waals surface area contributed by atoms with Gasteiger partial charge in [-0.2, -0.15) is 13.2 Å². The van der Waals surface area contributed by atoms with Crippen molar-refractivity contribution in [3.63, 3.8) is 0 Å². The summed E-state index contributed by atoms with van der Waals surface area (Å²) in [5.74, 6) is -0.274. The number of rotatable bonds is 5. The van der Waals surface area contributed by atoms with Gasteiger partial charge in [0.1, 0.15) is 6.33 Å². The molecule has 0 amide bonds. The number of benzene rings is 3. The van der Waals surface area contributed by atoms with Crippen molar-refractivity contribution in [3.05, 3.63) is 97.0 Å². The van der Waals surface area contributed by atoms with E-state index in [4.69, 9.17) is 0 Å². The summed E-state index contributed by atoms with van der Waals surface area (Å²) >= 11 is 0. The van der Waals surface area contributed by atoms with E-state index in [-0.39, 0.29) is 10.6 Å². The number of fused-ring (bicyclic) bond motifs is 1. The summed E-state index contributed by atoms with van der Waals surface area (Å²) in [5, 5.41) is 1.36. The van der Waals surface area contributed by atoms with Crippen LogP contribution in [0.4, 0.5) is 13.2 Å². The highest BCUT2D eigenvalue weighted by atomic mass is 32.2. The summed E-state index contributed by atoms with van der Waals surface area (Å²) < 4.78 is 68.2. The number of imidazole rings is 1. The molecule has 0 aliphatic carbocycles. The SMILES string of the molecule is Cn1cncc1-c1cc(C(F)(F)F)ccc1-c1cccc2cc(S(=O)(=O)Cc3ccncn3)ccc12. The van der Waals surface area contributed by atoms with Crippen molar-refractivity contribution in [3.8, 4) is 22.4 Å². The molecule has 36 heavy (non-hydrogen) atoms. The largest absolute Gasteiger partial charge is 0.416 e. The average molecular weight is 509 g/mol. The fourth-order valence-corrected chi connectivity index (χ4v) is 5.46. The number of halogens is 3. The zero-order valence-corrected chi connectivity index (χ0v) is 19.8. The minimum absolute atomic E-state index is 0.130. The molecule has 5 rings (SSSR count). The zero-order chi connectivity index (χ0) is 25.5. The molecule has 2 aromatic heterocycles. The van der Waals surface area contributed by atoms with Gasteiger partial charge in [-0.25, -0.2) is 23.4 Å². The van der Waals surface area contributed by atoms with Crippen molar-refractivity contribution in [2.75, 3.05) is 0 Å². The number of hydrogen-bond donors (Lipinski definition) is 0. The number of sulfone groups is 1. The van der Waals surface area contributed by atoms with Crippen LogP contribution < -0.4 is 0 Å². The molecule has 0 radical (unpaired) electrons. The van der Waals surface area contributed by atoms with Gasteiger partial charge in [-0.15, -0.1) is 0 Å². The van der Waals surface area contributed by atoms with Gasteiger partial charge < -0.3 is 4.57 Å². The van der Waals surface area contributed by atoms with Crippen molar-refractivity contribution in [2.45, 2.75) is 16.8 Å². The Kier molecular flexibility index (Phi) is 5.83. The van der Waals surface area contributed by atoms with E-state index in [9.17, 15) is 21.6 Å². The highest BCUT2D eigenvalue weighted by Crippen LogP contribution is 2.40. The second-order valence-corrected chi connectivity index (χ2v) is 10.3. The molecule has 2 heterocycles. The third-order valence-corrected chi connectivity index (χ3v) is 7.57. The van der Waals surface area contributed by atoms with Crippen LogP contribution in [0.15, 0.2) is 90.6 Å². The Labute approximate surface area is 205 Å². The number of aromatic nitrogens is 4. The van der Waals surface area contributed by atoms with Gasteiger partial charge in [0, 0.05) is 18.8 Å². The van der Waals surface area contributed by atoms with E-state index in [2.05, 4.69) is 15.0 Å². The third kappa shape index (κ3) is 4.47. The van der Waals surface area contributed by atoms with E-state index in [1.165, 1.54) is 37.2 Å². The maximum absolute atomic E-state index is 13.5. The summed E-state index contributed by atoms with van der Waals surface area (Å²) in [6.45, 7) is 0. The number of alkyl halides is 3. The van der Waals surface area contributed by atoms with Crippen LogP contribution in [-0.4, -0.2) is 27.9 Å². The molecule has 0 fully saturated rings. The van der Waals surface area contributed by atoms with Crippen LogP contribution in [0.1, 0.15) is 11.3 Å². The Hall–Kier alpha value is -4.05. The Morgan fingerprint density at radius 1 is 0.917 bits per heavy atom. The van der Waals surface area contributed by atoms with Crippen LogP contribution in [0.5, 0.6) is 0 Å². The summed E-state index contributed by atoms with van der Waals surface area (Å²) in [6, 6.07) is 15.3. The van der Waals surface area contributed by atoms with Crippen molar-refractivity contribution in [1.82, 2.24) is 19.5 Å². The average Bonchev–Trinajstić information content (AvgIpc) is 3.28. The van der Waals surface area contributed by atoms with Gasteiger partial charge in [0.2, 0.25) is 0 Å². The summed E-state index contributed by atoms with van der Waals surface area (Å²) in [4.78, 5) is 12.0. The normalized spacial score (nSPS) is 12.2. The third-order valence-electron chi connectivity index (χ3n) is 5.92. The number of aryl methyl sites for hydroxylation is 1. The molecule has 0 bridgehead atoms. The van der Waals surface area contributed by atoms with Crippen molar-refractivity contribution < 1.29 is 21.6 Å². The van der Waals surface area contributed by atoms with E-state index < -0.39 is 21.6 Å². The Bertz CT molecular complexity index is 1680. The van der Waals surface area contributed by atoms with Crippen molar-refractivity contribution in [1.29, 1.82) is 0 Å². The van der Waals surface area contributed by atoms with E-state index in [0.717, 1.165) is 12.1 Å². The fraction of sp³-hybridized carbons (Fsp3) is 0.115. The lowest BCUT2D eigenvalue weighted by atomic mass is 9.92. The molecule has 5 aromatic rings. The molecule has 10 heteroatoms. The minimum Gasteiger partial charge on any atom is -0.334 e. The van der Waals surface area contributed by atoms with E-state index in [1.807, 2.05) is 0 Å². The van der Waals surface area contributed by atoms with Gasteiger partial charge in [-0.3, -0.25) is 0 Å². The van der Waals surface area contributed by atoms with Gasteiger partial charge >= 0.3 is 6.18 Å². The van der Waals surface area contributed by atoms with Crippen LogP contribution in [0.2, 0.25) is 0 Å². The molecule has 3 aromatic carbocycles. The lowest BCUT2D eigenvalue weighted by Gasteiger charge is -2.16. The molecule has 0 spiro atoms. The Balaban J connectivity index is 1.64. The first kappa shape index (κ1) is 23.7. The molecule has 0 saturated carbocycles. The van der Waals surface area contributed by atoms with Crippen LogP contribution in [0.3, 0.4) is 0 Å². The highest BCUT2D eigenvalue weighted by molar-refractivity contribution is 7.90. The molecule has 6 nitrogen and oxygen atoms in total. The Morgan fingerprint density at radius 2 is 1.75 bits per heavy atom. The quantitative estimate of drug-likeness (QED) is 0.305. The second-order valence-electron chi connectivity index (χ2n) is 8.30. The molecule has 0 saturated heterocycles. The van der Waals surface area contributed by atoms with E-state index in [1.54, 1.807) is 48.0 Å². The highest BCUT2D eigenvalue weighted by Gasteiger charge is 2.31. The predicted molar refractivity (Wildman–Crippen MR) is 130 cm³/mol. The van der Waals surface area contributed by atoms with Crippen LogP contribution >= 0.6 is 0 Å². The van der Waals surface area contributed by atoms with Crippen LogP contribution in [0, 0.1) is 0 Å². The fourth-order valence-electron chi connectivity index (χ4n) is 4.16. The summed E-state index contributed by atoms with van der Waals surface area (Å²) in [5.41, 5.74) is 1.77. The molecule has 0 aliphatic rings. The maximum Gasteiger partial charge on any atom is 0.416 e. The number of nitrogens with zero attached hydrogens (tertiary/aromatic N) is 4. The first-order chi connectivity index (χ1) is 17.1. The van der Waals surface area contributed by atoms with Gasteiger partial charge in [0.15, 0.2) is 9.84 Å². The number of hydrogen-bond acceptors (Lipinski definition) is 5. The summed E-state index contributed by atoms with van der Waals surface area (Å²) in [6.07, 6.45) is 1.31. The standard InChI is InChI=1S/C26H19F3N4O2S/c1-33-16-31-13-25(33)24-12-18(26(27,28)29)5-7-23(24)22-4-2-3-17-11-20(6-8-21(17)22)36(34,35)14-19-9-10-30-15-32-19/h2-13,15-16H,14H2,1H3. The smallest absolute Gasteiger partial charge is 0.334 e. The predicted octanol–water partition coefficient (Wildman–Crippen LogP) is 5.69. The lowest BCUT2D eigenvalue weighted by molar-refractivity contribution is -0.137. The van der Waals surface area contributed by atoms with Crippen molar-refractivity contribution in [2.24, 2.45) is 7.05 Å². The minimum atomic E-state index is -4.50. The molecular formula is C26H19F3N4O2S. The molecule has 0 unspecified atom stereocenters. The van der Waals surface area contributed by atoms with Gasteiger partial charge in [-0.1, -0.05) is 30.3 Å². The van der Waals surface area contributed by atoms with Gasteiger partial charge in [0.05, 0.1) is 40.1 Å². The Morgan fingerprint density at radius 3 is 2.44 bits per heavy atom. The van der Waals surface area contributed by atoms with Gasteiger partial charge in [0.25, 0.3) is 0 Å². The molecular weight excluding hydrogens is 489 g/mol. The second kappa shape index (κ2) is 8.87. The topological polar surface area (TPSA) is 77.7 Å². The lowest BCUT2D eigenvalue weighted by Crippen LogP contribution is -2.06. The molecule has 0 N–H and O–H groups in total. The monoisotopic (exact) mass is 508 g/mol. The van der Waals surface area contributed by atoms with Gasteiger partial charge in [-0.05, 0) is 52.2 Å². The first-order valence-electron chi connectivity index (χ1n) is 10.8. The molecule has 0 aliphatic heterocycles. The van der Waals surface area contributed by atoms with Crippen LogP contribution in [0.25, 0.3) is 33.2 Å². The molecule has 182 valence electrons.